The summed E-state index contributed by atoms with van der Waals surface area (Å²) in [6, 6.07) is 4.15. The van der Waals surface area contributed by atoms with E-state index >= 15 is 0 Å². The average molecular weight is 227 g/mol. The molecule has 7 heteroatoms. The first-order valence-corrected chi connectivity index (χ1v) is 4.35. The Kier molecular flexibility index (Phi) is 2.51. The number of methoxy groups -OCH3 is 1. The van der Waals surface area contributed by atoms with E-state index < -0.39 is 12.5 Å². The second-order valence-electron chi connectivity index (χ2n) is 3.01. The molecule has 0 saturated carbocycles. The van der Waals surface area contributed by atoms with Crippen LogP contribution in [-0.4, -0.2) is 28.1 Å². The fourth-order valence-corrected chi connectivity index (χ4v) is 1.33. The number of halogens is 2. The van der Waals surface area contributed by atoms with Crippen molar-refractivity contribution in [2.24, 2.45) is 0 Å². The van der Waals surface area contributed by atoms with Gasteiger partial charge in [-0.1, -0.05) is 5.21 Å². The fraction of sp³-hybridized carbons (Fsp3) is 0.222. The predicted octanol–water partition coefficient (Wildman–Crippen LogP) is 1.61. The maximum Gasteiger partial charge on any atom is 0.337 e. The van der Waals surface area contributed by atoms with Crippen LogP contribution >= 0.6 is 0 Å². The van der Waals surface area contributed by atoms with Gasteiger partial charge in [-0.15, -0.1) is 5.10 Å². The Morgan fingerprint density at radius 1 is 1.50 bits per heavy atom. The van der Waals surface area contributed by atoms with Crippen LogP contribution in [-0.2, 0) is 4.74 Å². The summed E-state index contributed by atoms with van der Waals surface area (Å²) in [5, 5.41) is 6.83. The van der Waals surface area contributed by atoms with Gasteiger partial charge in [0.05, 0.1) is 18.2 Å². The molecule has 5 nitrogen and oxygen atoms in total. The third kappa shape index (κ3) is 1.60. The van der Waals surface area contributed by atoms with Gasteiger partial charge >= 0.3 is 12.5 Å². The van der Waals surface area contributed by atoms with Crippen molar-refractivity contribution < 1.29 is 18.3 Å². The Morgan fingerprint density at radius 2 is 2.25 bits per heavy atom. The molecule has 0 atom stereocenters. The zero-order valence-corrected chi connectivity index (χ0v) is 8.22. The molecule has 1 aromatic heterocycles. The lowest BCUT2D eigenvalue weighted by Crippen LogP contribution is -2.03. The minimum atomic E-state index is -2.79. The number of fused-ring (bicyclic) bond motifs is 1. The van der Waals surface area contributed by atoms with Crippen LogP contribution in [0.25, 0.3) is 11.0 Å². The first-order valence-electron chi connectivity index (χ1n) is 4.35. The Morgan fingerprint density at radius 3 is 2.88 bits per heavy atom. The van der Waals surface area contributed by atoms with Crippen molar-refractivity contribution in [1.29, 1.82) is 0 Å². The number of hydrogen-bond donors (Lipinski definition) is 0. The largest absolute Gasteiger partial charge is 0.465 e. The van der Waals surface area contributed by atoms with Gasteiger partial charge in [-0.25, -0.2) is 4.79 Å². The van der Waals surface area contributed by atoms with Gasteiger partial charge in [0, 0.05) is 0 Å². The lowest BCUT2D eigenvalue weighted by Gasteiger charge is -2.01. The number of ether oxygens (including phenoxy) is 1. The van der Waals surface area contributed by atoms with E-state index in [9.17, 15) is 13.6 Å². The lowest BCUT2D eigenvalue weighted by atomic mass is 10.2. The topological polar surface area (TPSA) is 57.0 Å². The average Bonchev–Trinajstić information content (AvgIpc) is 2.70. The molecule has 0 unspecified atom stereocenters. The maximum absolute atomic E-state index is 12.5. The van der Waals surface area contributed by atoms with Crippen molar-refractivity contribution in [2.45, 2.75) is 6.55 Å². The fourth-order valence-electron chi connectivity index (χ4n) is 1.33. The van der Waals surface area contributed by atoms with E-state index in [1.54, 1.807) is 0 Å². The van der Waals surface area contributed by atoms with Crippen molar-refractivity contribution in [3.05, 3.63) is 23.8 Å². The summed E-state index contributed by atoms with van der Waals surface area (Å²) in [6.07, 6.45) is 0. The van der Waals surface area contributed by atoms with E-state index in [2.05, 4.69) is 15.0 Å². The highest BCUT2D eigenvalue weighted by molar-refractivity contribution is 5.93. The molecule has 0 radical (unpaired) electrons. The molecular formula is C9H7F2N3O2. The number of carbonyl (C=O) groups excluding carboxylic acids is 1. The second-order valence-corrected chi connectivity index (χ2v) is 3.01. The predicted molar refractivity (Wildman–Crippen MR) is 50.1 cm³/mol. The molecule has 1 aromatic carbocycles. The third-order valence-corrected chi connectivity index (χ3v) is 2.08. The van der Waals surface area contributed by atoms with Gasteiger partial charge in [0.1, 0.15) is 5.52 Å². The summed E-state index contributed by atoms with van der Waals surface area (Å²) >= 11 is 0. The van der Waals surface area contributed by atoms with Gasteiger partial charge in [-0.3, -0.25) is 0 Å². The molecule has 2 aromatic rings. The minimum Gasteiger partial charge on any atom is -0.465 e. The first-order chi connectivity index (χ1) is 7.63. The van der Waals surface area contributed by atoms with Crippen molar-refractivity contribution in [1.82, 2.24) is 15.0 Å². The van der Waals surface area contributed by atoms with Crippen LogP contribution in [0.1, 0.15) is 16.9 Å². The number of benzene rings is 1. The van der Waals surface area contributed by atoms with Crippen LogP contribution in [0.15, 0.2) is 18.2 Å². The second kappa shape index (κ2) is 3.84. The number of aromatic nitrogens is 3. The van der Waals surface area contributed by atoms with Gasteiger partial charge in [0.25, 0.3) is 0 Å². The molecule has 0 fully saturated rings. The molecule has 2 rings (SSSR count). The normalized spacial score (nSPS) is 11.0. The highest BCUT2D eigenvalue weighted by Gasteiger charge is 2.15. The van der Waals surface area contributed by atoms with Crippen molar-refractivity contribution in [3.63, 3.8) is 0 Å². The van der Waals surface area contributed by atoms with E-state index in [4.69, 9.17) is 0 Å². The Balaban J connectivity index is 2.58. The monoisotopic (exact) mass is 227 g/mol. The molecule has 0 N–H and O–H groups in total. The van der Waals surface area contributed by atoms with Crippen LogP contribution in [0.3, 0.4) is 0 Å². The Bertz CT molecular complexity index is 539. The van der Waals surface area contributed by atoms with E-state index in [-0.39, 0.29) is 11.1 Å². The first kappa shape index (κ1) is 10.5. The van der Waals surface area contributed by atoms with E-state index in [1.165, 1.54) is 25.3 Å². The number of hydrogen-bond acceptors (Lipinski definition) is 4. The van der Waals surface area contributed by atoms with Crippen molar-refractivity contribution in [3.8, 4) is 0 Å². The van der Waals surface area contributed by atoms with Gasteiger partial charge in [0.2, 0.25) is 0 Å². The van der Waals surface area contributed by atoms with Crippen LogP contribution in [0.2, 0.25) is 0 Å². The van der Waals surface area contributed by atoms with E-state index in [0.717, 1.165) is 0 Å². The van der Waals surface area contributed by atoms with Gasteiger partial charge < -0.3 is 4.74 Å². The smallest absolute Gasteiger partial charge is 0.337 e. The summed E-state index contributed by atoms with van der Waals surface area (Å²) in [5.41, 5.74) is 0.574. The molecule has 16 heavy (non-hydrogen) atoms. The van der Waals surface area contributed by atoms with Crippen LogP contribution < -0.4 is 0 Å². The summed E-state index contributed by atoms with van der Waals surface area (Å²) < 4.78 is 29.9. The van der Waals surface area contributed by atoms with Gasteiger partial charge in [0.15, 0.2) is 0 Å². The summed E-state index contributed by atoms with van der Waals surface area (Å²) in [7, 11) is 1.22. The summed E-state index contributed by atoms with van der Waals surface area (Å²) in [4.78, 5) is 11.2. The SMILES string of the molecule is COC(=O)c1ccc2nnn(C(F)F)c2c1. The van der Waals surface area contributed by atoms with E-state index in [1.807, 2.05) is 0 Å². The summed E-state index contributed by atoms with van der Waals surface area (Å²) in [6.45, 7) is -2.79. The quantitative estimate of drug-likeness (QED) is 0.731. The molecule has 84 valence electrons. The van der Waals surface area contributed by atoms with Crippen LogP contribution in [0.4, 0.5) is 8.78 Å². The molecular weight excluding hydrogens is 220 g/mol. The molecule has 0 saturated heterocycles. The van der Waals surface area contributed by atoms with Gasteiger partial charge in [-0.05, 0) is 18.2 Å². The number of nitrogens with zero attached hydrogens (tertiary/aromatic N) is 3. The van der Waals surface area contributed by atoms with Crippen LogP contribution in [0.5, 0.6) is 0 Å². The number of carbonyl (C=O) groups is 1. The third-order valence-electron chi connectivity index (χ3n) is 2.08. The van der Waals surface area contributed by atoms with Crippen LogP contribution in [0, 0.1) is 0 Å². The highest BCUT2D eigenvalue weighted by atomic mass is 19.3. The number of esters is 1. The summed E-state index contributed by atoms with van der Waals surface area (Å²) in [5.74, 6) is -0.594. The molecule has 0 amide bonds. The molecule has 0 aliphatic rings. The zero-order chi connectivity index (χ0) is 11.7. The Hall–Kier alpha value is -2.05. The molecule has 0 aliphatic heterocycles. The van der Waals surface area contributed by atoms with E-state index in [0.29, 0.717) is 10.2 Å². The zero-order valence-electron chi connectivity index (χ0n) is 8.22. The molecule has 0 bridgehead atoms. The van der Waals surface area contributed by atoms with Crippen molar-refractivity contribution in [2.75, 3.05) is 7.11 Å². The highest BCUT2D eigenvalue weighted by Crippen LogP contribution is 2.19. The standard InChI is InChI=1S/C9H7F2N3O2/c1-16-8(15)5-2-3-6-7(4-5)14(9(10)11)13-12-6/h2-4,9H,1H3. The molecule has 1 heterocycles. The van der Waals surface area contributed by atoms with Gasteiger partial charge in [-0.2, -0.15) is 13.5 Å². The molecule has 0 aliphatic carbocycles. The maximum atomic E-state index is 12.5. The minimum absolute atomic E-state index is 0.0953. The lowest BCUT2D eigenvalue weighted by molar-refractivity contribution is 0.0581. The Labute approximate surface area is 88.6 Å². The number of alkyl halides is 2. The number of rotatable bonds is 2. The van der Waals surface area contributed by atoms with Crippen molar-refractivity contribution >= 4 is 17.0 Å². The molecule has 0 spiro atoms.